The van der Waals surface area contributed by atoms with Gasteiger partial charge in [-0.25, -0.2) is 8.42 Å². The molecule has 96 valence electrons. The molecule has 0 aliphatic heterocycles. The smallest absolute Gasteiger partial charge is 0.265 e. The summed E-state index contributed by atoms with van der Waals surface area (Å²) >= 11 is 5.43. The molecular weight excluding hydrogens is 433 g/mol. The number of aryl methyl sites for hydroxylation is 1. The molecule has 0 unspecified atom stereocenters. The molecule has 1 aromatic heterocycles. The summed E-state index contributed by atoms with van der Waals surface area (Å²) in [6.45, 7) is 0. The van der Waals surface area contributed by atoms with Crippen molar-refractivity contribution in [2.75, 3.05) is 4.72 Å². The van der Waals surface area contributed by atoms with Gasteiger partial charge < -0.3 is 0 Å². The van der Waals surface area contributed by atoms with Crippen molar-refractivity contribution < 1.29 is 8.42 Å². The predicted molar refractivity (Wildman–Crippen MR) is 80.9 cm³/mol. The average molecular weight is 442 g/mol. The molecular formula is C10H9BrIN3O2S. The van der Waals surface area contributed by atoms with Gasteiger partial charge in [0.1, 0.15) is 4.90 Å². The van der Waals surface area contributed by atoms with Crippen LogP contribution >= 0.6 is 38.5 Å². The van der Waals surface area contributed by atoms with E-state index in [1.54, 1.807) is 19.2 Å². The van der Waals surface area contributed by atoms with Gasteiger partial charge in [0.25, 0.3) is 10.0 Å². The number of nitrogens with zero attached hydrogens (tertiary/aromatic N) is 2. The lowest BCUT2D eigenvalue weighted by atomic mass is 10.3. The largest absolute Gasteiger partial charge is 0.278 e. The highest BCUT2D eigenvalue weighted by atomic mass is 127. The molecule has 0 atom stereocenters. The summed E-state index contributed by atoms with van der Waals surface area (Å²) in [5, 5.41) is 3.85. The first-order valence-corrected chi connectivity index (χ1v) is 8.20. The number of hydrogen-bond donors (Lipinski definition) is 1. The van der Waals surface area contributed by atoms with Crippen LogP contribution < -0.4 is 4.72 Å². The fraction of sp³-hybridized carbons (Fsp3) is 0.100. The fourth-order valence-electron chi connectivity index (χ4n) is 1.32. The Kier molecular flexibility index (Phi) is 3.97. The molecule has 0 fully saturated rings. The van der Waals surface area contributed by atoms with Crippen LogP contribution in [0, 0.1) is 3.57 Å². The Balaban J connectivity index is 2.36. The number of rotatable bonds is 3. The third-order valence-electron chi connectivity index (χ3n) is 2.16. The first-order valence-electron chi connectivity index (χ1n) is 4.85. The Hall–Kier alpha value is -0.610. The van der Waals surface area contributed by atoms with E-state index >= 15 is 0 Å². The molecule has 0 saturated carbocycles. The summed E-state index contributed by atoms with van der Waals surface area (Å²) < 4.78 is 29.8. The van der Waals surface area contributed by atoms with Gasteiger partial charge in [-0.15, -0.1) is 0 Å². The van der Waals surface area contributed by atoms with Crippen molar-refractivity contribution in [3.05, 3.63) is 38.6 Å². The second-order valence-electron chi connectivity index (χ2n) is 3.58. The maximum absolute atomic E-state index is 12.1. The van der Waals surface area contributed by atoms with Gasteiger partial charge in [-0.1, -0.05) is 0 Å². The Labute approximate surface area is 127 Å². The lowest BCUT2D eigenvalue weighted by Crippen LogP contribution is -2.12. The summed E-state index contributed by atoms with van der Waals surface area (Å²) in [5.74, 6) is 0. The minimum Gasteiger partial charge on any atom is -0.278 e. The van der Waals surface area contributed by atoms with Crippen LogP contribution in [0.4, 0.5) is 5.69 Å². The molecule has 1 aromatic carbocycles. The average Bonchev–Trinajstić information content (AvgIpc) is 2.71. The summed E-state index contributed by atoms with van der Waals surface area (Å²) in [6, 6.07) is 5.42. The van der Waals surface area contributed by atoms with Crippen molar-refractivity contribution in [1.82, 2.24) is 9.78 Å². The van der Waals surface area contributed by atoms with Crippen LogP contribution in [-0.4, -0.2) is 18.2 Å². The molecule has 1 heterocycles. The van der Waals surface area contributed by atoms with E-state index in [2.05, 4.69) is 48.3 Å². The number of aromatic nitrogens is 2. The lowest BCUT2D eigenvalue weighted by molar-refractivity contribution is 0.601. The summed E-state index contributed by atoms with van der Waals surface area (Å²) in [7, 11) is -1.93. The molecule has 0 bridgehead atoms. The van der Waals surface area contributed by atoms with Gasteiger partial charge in [-0.2, -0.15) is 5.10 Å². The highest BCUT2D eigenvalue weighted by molar-refractivity contribution is 14.1. The standard InChI is InChI=1S/C10H9BrIN3O2S/c1-15-6-8(5-13-15)18(16,17)14-10-4-7(12)2-3-9(10)11/h2-6,14H,1H3. The van der Waals surface area contributed by atoms with Crippen molar-refractivity contribution in [2.24, 2.45) is 7.05 Å². The Bertz CT molecular complexity index is 684. The zero-order valence-corrected chi connectivity index (χ0v) is 13.8. The van der Waals surface area contributed by atoms with Crippen molar-refractivity contribution in [2.45, 2.75) is 4.90 Å². The van der Waals surface area contributed by atoms with E-state index in [1.165, 1.54) is 17.1 Å². The topological polar surface area (TPSA) is 64.0 Å². The van der Waals surface area contributed by atoms with Gasteiger partial charge in [-0.3, -0.25) is 9.40 Å². The predicted octanol–water partition coefficient (Wildman–Crippen LogP) is 2.59. The highest BCUT2D eigenvalue weighted by Crippen LogP contribution is 2.26. The Morgan fingerprint density at radius 2 is 2.17 bits per heavy atom. The van der Waals surface area contributed by atoms with Crippen LogP contribution in [0.5, 0.6) is 0 Å². The van der Waals surface area contributed by atoms with E-state index in [-0.39, 0.29) is 4.90 Å². The quantitative estimate of drug-likeness (QED) is 0.744. The minimum absolute atomic E-state index is 0.135. The van der Waals surface area contributed by atoms with E-state index in [9.17, 15) is 8.42 Å². The van der Waals surface area contributed by atoms with Crippen molar-refractivity contribution in [3.63, 3.8) is 0 Å². The summed E-state index contributed by atoms with van der Waals surface area (Å²) in [4.78, 5) is 0.135. The van der Waals surface area contributed by atoms with E-state index in [0.717, 1.165) is 3.57 Å². The fourth-order valence-corrected chi connectivity index (χ4v) is 3.34. The van der Waals surface area contributed by atoms with Crippen LogP contribution in [0.15, 0.2) is 40.0 Å². The number of nitrogens with one attached hydrogen (secondary N) is 1. The van der Waals surface area contributed by atoms with Crippen molar-refractivity contribution >= 4 is 54.2 Å². The van der Waals surface area contributed by atoms with Crippen molar-refractivity contribution in [3.8, 4) is 0 Å². The van der Waals surface area contributed by atoms with E-state index in [4.69, 9.17) is 0 Å². The van der Waals surface area contributed by atoms with Crippen LogP contribution in [0.1, 0.15) is 0 Å². The van der Waals surface area contributed by atoms with E-state index in [0.29, 0.717) is 10.2 Å². The maximum atomic E-state index is 12.1. The van der Waals surface area contributed by atoms with Crippen LogP contribution in [0.2, 0.25) is 0 Å². The third-order valence-corrected chi connectivity index (χ3v) is 4.85. The molecule has 0 radical (unpaired) electrons. The van der Waals surface area contributed by atoms with E-state index in [1.807, 2.05) is 6.07 Å². The molecule has 5 nitrogen and oxygen atoms in total. The first kappa shape index (κ1) is 13.8. The Morgan fingerprint density at radius 3 is 2.78 bits per heavy atom. The van der Waals surface area contributed by atoms with Crippen LogP contribution in [0.25, 0.3) is 0 Å². The molecule has 18 heavy (non-hydrogen) atoms. The molecule has 8 heteroatoms. The number of sulfonamides is 1. The van der Waals surface area contributed by atoms with Gasteiger partial charge >= 0.3 is 0 Å². The molecule has 1 N–H and O–H groups in total. The zero-order chi connectivity index (χ0) is 13.3. The minimum atomic E-state index is -3.60. The van der Waals surface area contributed by atoms with Gasteiger partial charge in [0.05, 0.1) is 11.9 Å². The lowest BCUT2D eigenvalue weighted by Gasteiger charge is -2.08. The Morgan fingerprint density at radius 1 is 1.44 bits per heavy atom. The first-order chi connectivity index (χ1) is 8.38. The SMILES string of the molecule is Cn1cc(S(=O)(=O)Nc2cc(I)ccc2Br)cn1. The van der Waals surface area contributed by atoms with Crippen LogP contribution in [0.3, 0.4) is 0 Å². The second kappa shape index (κ2) is 5.17. The molecule has 0 aliphatic rings. The van der Waals surface area contributed by atoms with Gasteiger partial charge in [0.2, 0.25) is 0 Å². The molecule has 0 saturated heterocycles. The molecule has 0 amide bonds. The summed E-state index contributed by atoms with van der Waals surface area (Å²) in [5.41, 5.74) is 0.505. The second-order valence-corrected chi connectivity index (χ2v) is 7.36. The van der Waals surface area contributed by atoms with Crippen molar-refractivity contribution in [1.29, 1.82) is 0 Å². The zero-order valence-electron chi connectivity index (χ0n) is 9.26. The number of hydrogen-bond acceptors (Lipinski definition) is 3. The van der Waals surface area contributed by atoms with Gasteiger partial charge in [0.15, 0.2) is 0 Å². The monoisotopic (exact) mass is 441 g/mol. The number of halogens is 2. The molecule has 0 spiro atoms. The molecule has 0 aliphatic carbocycles. The maximum Gasteiger partial charge on any atom is 0.265 e. The molecule has 2 aromatic rings. The van der Waals surface area contributed by atoms with Crippen LogP contribution in [-0.2, 0) is 17.1 Å². The van der Waals surface area contributed by atoms with Gasteiger partial charge in [0, 0.05) is 21.3 Å². The number of benzene rings is 1. The third kappa shape index (κ3) is 3.04. The van der Waals surface area contributed by atoms with Gasteiger partial charge in [-0.05, 0) is 56.7 Å². The molecule has 2 rings (SSSR count). The number of anilines is 1. The normalized spacial score (nSPS) is 11.5. The highest BCUT2D eigenvalue weighted by Gasteiger charge is 2.17. The summed E-state index contributed by atoms with van der Waals surface area (Å²) in [6.07, 6.45) is 2.76. The van der Waals surface area contributed by atoms with E-state index < -0.39 is 10.0 Å².